The number of hydrogen-bond acceptors (Lipinski definition) is 1. The van der Waals surface area contributed by atoms with Crippen molar-refractivity contribution in [1.82, 2.24) is 5.32 Å². The van der Waals surface area contributed by atoms with E-state index in [1.165, 1.54) is 25.7 Å². The van der Waals surface area contributed by atoms with Gasteiger partial charge in [0.15, 0.2) is 0 Å². The number of halogens is 1. The van der Waals surface area contributed by atoms with Crippen LogP contribution in [0.2, 0.25) is 0 Å². The average Bonchev–Trinajstić information content (AvgIpc) is 2.77. The Labute approximate surface area is 116 Å². The number of alkyl halides is 1. The second kappa shape index (κ2) is 5.40. The van der Waals surface area contributed by atoms with E-state index in [1.54, 1.807) is 0 Å². The van der Waals surface area contributed by atoms with Gasteiger partial charge in [0.2, 0.25) is 5.91 Å². The lowest BCUT2D eigenvalue weighted by Gasteiger charge is -2.41. The molecule has 0 bridgehead atoms. The Bertz CT molecular complexity index is 312. The van der Waals surface area contributed by atoms with Gasteiger partial charge in [-0.15, -0.1) is 11.6 Å². The summed E-state index contributed by atoms with van der Waals surface area (Å²) in [5, 5.41) is 3.32. The van der Waals surface area contributed by atoms with Crippen LogP contribution in [0.1, 0.15) is 65.2 Å². The van der Waals surface area contributed by atoms with E-state index in [2.05, 4.69) is 19.2 Å². The van der Waals surface area contributed by atoms with E-state index in [4.69, 9.17) is 11.6 Å². The van der Waals surface area contributed by atoms with Crippen molar-refractivity contribution in [2.45, 2.75) is 70.8 Å². The van der Waals surface area contributed by atoms with Gasteiger partial charge in [-0.1, -0.05) is 39.5 Å². The van der Waals surface area contributed by atoms with Crippen molar-refractivity contribution < 1.29 is 4.79 Å². The summed E-state index contributed by atoms with van der Waals surface area (Å²) in [6.45, 7) is 4.38. The van der Waals surface area contributed by atoms with E-state index >= 15 is 0 Å². The van der Waals surface area contributed by atoms with Crippen molar-refractivity contribution in [2.75, 3.05) is 5.88 Å². The number of rotatable bonds is 3. The SMILES string of the molecule is CC1CCCC(CCl)(NC(=O)C2(C)CCCC2)C1. The number of amides is 1. The zero-order valence-electron chi connectivity index (χ0n) is 11.7. The molecule has 3 heteroatoms. The van der Waals surface area contributed by atoms with Gasteiger partial charge in [0, 0.05) is 11.3 Å². The van der Waals surface area contributed by atoms with Crippen LogP contribution in [0.5, 0.6) is 0 Å². The van der Waals surface area contributed by atoms with Gasteiger partial charge in [0.1, 0.15) is 0 Å². The summed E-state index contributed by atoms with van der Waals surface area (Å²) < 4.78 is 0. The molecule has 0 heterocycles. The van der Waals surface area contributed by atoms with Crippen molar-refractivity contribution in [1.29, 1.82) is 0 Å². The van der Waals surface area contributed by atoms with Crippen LogP contribution in [0.25, 0.3) is 0 Å². The normalized spacial score (nSPS) is 35.4. The molecule has 2 fully saturated rings. The molecule has 0 saturated heterocycles. The molecule has 0 radical (unpaired) electrons. The Morgan fingerprint density at radius 2 is 1.94 bits per heavy atom. The van der Waals surface area contributed by atoms with Crippen LogP contribution >= 0.6 is 11.6 Å². The van der Waals surface area contributed by atoms with Crippen molar-refractivity contribution in [3.63, 3.8) is 0 Å². The highest BCUT2D eigenvalue weighted by atomic mass is 35.5. The van der Waals surface area contributed by atoms with E-state index in [1.807, 2.05) is 0 Å². The third kappa shape index (κ3) is 2.84. The van der Waals surface area contributed by atoms with Gasteiger partial charge in [-0.05, 0) is 31.6 Å². The number of carbonyl (C=O) groups excluding carboxylic acids is 1. The molecule has 0 aliphatic heterocycles. The van der Waals surface area contributed by atoms with Crippen LogP contribution in [0.3, 0.4) is 0 Å². The summed E-state index contributed by atoms with van der Waals surface area (Å²) in [4.78, 5) is 12.5. The topological polar surface area (TPSA) is 29.1 Å². The van der Waals surface area contributed by atoms with E-state index in [-0.39, 0.29) is 16.9 Å². The lowest BCUT2D eigenvalue weighted by molar-refractivity contribution is -0.132. The first-order chi connectivity index (χ1) is 8.50. The molecule has 0 spiro atoms. The summed E-state index contributed by atoms with van der Waals surface area (Å²) in [5.74, 6) is 1.48. The summed E-state index contributed by atoms with van der Waals surface area (Å²) in [5.41, 5.74) is -0.276. The molecule has 0 aromatic carbocycles. The summed E-state index contributed by atoms with van der Waals surface area (Å²) in [6, 6.07) is 0. The van der Waals surface area contributed by atoms with Gasteiger partial charge in [-0.2, -0.15) is 0 Å². The van der Waals surface area contributed by atoms with Gasteiger partial charge in [0.05, 0.1) is 5.54 Å². The molecule has 2 aliphatic carbocycles. The molecular formula is C15H26ClNO. The van der Waals surface area contributed by atoms with Crippen LogP contribution in [-0.2, 0) is 4.79 Å². The fourth-order valence-corrected chi connectivity index (χ4v) is 4.01. The molecule has 0 aromatic rings. The summed E-state index contributed by atoms with van der Waals surface area (Å²) in [6.07, 6.45) is 8.99. The van der Waals surface area contributed by atoms with Gasteiger partial charge < -0.3 is 5.32 Å². The van der Waals surface area contributed by atoms with Gasteiger partial charge in [-0.3, -0.25) is 4.79 Å². The van der Waals surface area contributed by atoms with E-state index in [0.29, 0.717) is 11.8 Å². The molecule has 1 amide bonds. The summed E-state index contributed by atoms with van der Waals surface area (Å²) in [7, 11) is 0. The minimum Gasteiger partial charge on any atom is -0.349 e. The van der Waals surface area contributed by atoms with Crippen LogP contribution in [0.4, 0.5) is 0 Å². The molecule has 2 nitrogen and oxygen atoms in total. The predicted molar refractivity (Wildman–Crippen MR) is 75.8 cm³/mol. The first-order valence-corrected chi connectivity index (χ1v) is 7.92. The molecule has 2 rings (SSSR count). The highest BCUT2D eigenvalue weighted by Gasteiger charge is 2.42. The smallest absolute Gasteiger partial charge is 0.226 e. The first kappa shape index (κ1) is 14.2. The Morgan fingerprint density at radius 1 is 1.28 bits per heavy atom. The summed E-state index contributed by atoms with van der Waals surface area (Å²) >= 11 is 6.18. The van der Waals surface area contributed by atoms with E-state index < -0.39 is 0 Å². The molecule has 0 aromatic heterocycles. The zero-order valence-corrected chi connectivity index (χ0v) is 12.5. The second-order valence-electron chi connectivity index (χ2n) is 6.84. The monoisotopic (exact) mass is 271 g/mol. The van der Waals surface area contributed by atoms with Crippen molar-refractivity contribution in [3.8, 4) is 0 Å². The Kier molecular flexibility index (Phi) is 4.25. The Hall–Kier alpha value is -0.240. The molecule has 2 aliphatic rings. The van der Waals surface area contributed by atoms with Gasteiger partial charge >= 0.3 is 0 Å². The third-order valence-corrected chi connectivity index (χ3v) is 5.49. The lowest BCUT2D eigenvalue weighted by atomic mass is 9.76. The van der Waals surface area contributed by atoms with Crippen LogP contribution in [-0.4, -0.2) is 17.3 Å². The zero-order chi connectivity index (χ0) is 13.2. The third-order valence-electron chi connectivity index (χ3n) is 4.98. The fourth-order valence-electron chi connectivity index (χ4n) is 3.70. The van der Waals surface area contributed by atoms with Crippen LogP contribution in [0, 0.1) is 11.3 Å². The predicted octanol–water partition coefficient (Wildman–Crippen LogP) is 3.87. The van der Waals surface area contributed by atoms with Crippen molar-refractivity contribution in [2.24, 2.45) is 11.3 Å². The molecule has 2 unspecified atom stereocenters. The second-order valence-corrected chi connectivity index (χ2v) is 7.10. The van der Waals surface area contributed by atoms with Gasteiger partial charge in [0.25, 0.3) is 0 Å². The fraction of sp³-hybridized carbons (Fsp3) is 0.933. The molecule has 18 heavy (non-hydrogen) atoms. The highest BCUT2D eigenvalue weighted by molar-refractivity contribution is 6.18. The van der Waals surface area contributed by atoms with Gasteiger partial charge in [-0.25, -0.2) is 0 Å². The van der Waals surface area contributed by atoms with Crippen molar-refractivity contribution >= 4 is 17.5 Å². The minimum atomic E-state index is -0.139. The average molecular weight is 272 g/mol. The molecule has 2 atom stereocenters. The standard InChI is InChI=1S/C15H26ClNO/c1-12-6-5-9-15(10-12,11-16)17-13(18)14(2)7-3-4-8-14/h12H,3-11H2,1-2H3,(H,17,18). The number of carbonyl (C=O) groups is 1. The molecule has 2 saturated carbocycles. The van der Waals surface area contributed by atoms with Crippen LogP contribution in [0.15, 0.2) is 0 Å². The molecule has 104 valence electrons. The highest BCUT2D eigenvalue weighted by Crippen LogP contribution is 2.40. The maximum atomic E-state index is 12.5. The molecular weight excluding hydrogens is 246 g/mol. The lowest BCUT2D eigenvalue weighted by Crippen LogP contribution is -2.55. The minimum absolute atomic E-state index is 0.137. The number of hydrogen-bond donors (Lipinski definition) is 1. The maximum Gasteiger partial charge on any atom is 0.226 e. The quantitative estimate of drug-likeness (QED) is 0.776. The Balaban J connectivity index is 2.03. The first-order valence-electron chi connectivity index (χ1n) is 7.38. The Morgan fingerprint density at radius 3 is 2.50 bits per heavy atom. The maximum absolute atomic E-state index is 12.5. The number of nitrogens with one attached hydrogen (secondary N) is 1. The van der Waals surface area contributed by atoms with E-state index in [9.17, 15) is 4.79 Å². The van der Waals surface area contributed by atoms with Crippen molar-refractivity contribution in [3.05, 3.63) is 0 Å². The molecule has 1 N–H and O–H groups in total. The largest absolute Gasteiger partial charge is 0.349 e. The van der Waals surface area contributed by atoms with E-state index in [0.717, 1.165) is 25.7 Å². The van der Waals surface area contributed by atoms with Crippen LogP contribution < -0.4 is 5.32 Å².